The van der Waals surface area contributed by atoms with Gasteiger partial charge in [0.1, 0.15) is 5.76 Å². The molecule has 0 radical (unpaired) electrons. The molecule has 1 aromatic heterocycles. The molecule has 0 atom stereocenters. The molecule has 0 aliphatic heterocycles. The summed E-state index contributed by atoms with van der Waals surface area (Å²) in [6.45, 7) is 0.229. The number of nitriles is 1. The molecule has 2 rings (SSSR count). The van der Waals surface area contributed by atoms with Gasteiger partial charge in [-0.3, -0.25) is 9.10 Å². The van der Waals surface area contributed by atoms with E-state index >= 15 is 0 Å². The van der Waals surface area contributed by atoms with Gasteiger partial charge < -0.3 is 9.73 Å². The highest BCUT2D eigenvalue weighted by Gasteiger charge is 2.19. The maximum absolute atomic E-state index is 12.0. The van der Waals surface area contributed by atoms with Gasteiger partial charge in [0.15, 0.2) is 0 Å². The van der Waals surface area contributed by atoms with Crippen LogP contribution < -0.4 is 9.62 Å². The Hall–Kier alpha value is -2.79. The molecule has 0 spiro atoms. The summed E-state index contributed by atoms with van der Waals surface area (Å²) in [6, 6.07) is 11.7. The summed E-state index contributed by atoms with van der Waals surface area (Å²) in [5, 5.41) is 11.6. The molecule has 0 aliphatic carbocycles. The van der Waals surface area contributed by atoms with E-state index in [1.807, 2.05) is 6.07 Å². The maximum atomic E-state index is 12.0. The predicted octanol–water partition coefficient (Wildman–Crippen LogP) is 1.62. The van der Waals surface area contributed by atoms with Crippen molar-refractivity contribution in [2.75, 3.05) is 17.1 Å². The van der Waals surface area contributed by atoms with Crippen molar-refractivity contribution >= 4 is 21.6 Å². The lowest BCUT2D eigenvalue weighted by atomic mass is 10.2. The summed E-state index contributed by atoms with van der Waals surface area (Å²) in [5.41, 5.74) is 0.707. The summed E-state index contributed by atoms with van der Waals surface area (Å²) >= 11 is 0. The van der Waals surface area contributed by atoms with E-state index in [0.717, 1.165) is 10.6 Å². The van der Waals surface area contributed by atoms with Crippen LogP contribution in [0, 0.1) is 11.3 Å². The molecule has 0 saturated heterocycles. The molecule has 1 aromatic carbocycles. The normalized spacial score (nSPS) is 10.8. The maximum Gasteiger partial charge on any atom is 0.232 e. The van der Waals surface area contributed by atoms with Gasteiger partial charge in [0.05, 0.1) is 36.4 Å². The van der Waals surface area contributed by atoms with Crippen molar-refractivity contribution in [3.05, 3.63) is 54.0 Å². The van der Waals surface area contributed by atoms with Gasteiger partial charge in [-0.05, 0) is 30.3 Å². The monoisotopic (exact) mass is 347 g/mol. The van der Waals surface area contributed by atoms with E-state index in [1.165, 1.54) is 12.3 Å². The zero-order chi connectivity index (χ0) is 17.6. The fourth-order valence-corrected chi connectivity index (χ4v) is 3.03. The van der Waals surface area contributed by atoms with Gasteiger partial charge in [-0.15, -0.1) is 0 Å². The van der Waals surface area contributed by atoms with Gasteiger partial charge in [0, 0.05) is 13.0 Å². The number of nitrogens with one attached hydrogen (secondary N) is 1. The van der Waals surface area contributed by atoms with Crippen LogP contribution in [-0.2, 0) is 21.4 Å². The number of carbonyl (C=O) groups excluding carboxylic acids is 1. The van der Waals surface area contributed by atoms with Gasteiger partial charge >= 0.3 is 0 Å². The minimum absolute atomic E-state index is 0.00937. The number of rotatable bonds is 7. The van der Waals surface area contributed by atoms with Crippen LogP contribution in [0.2, 0.25) is 0 Å². The smallest absolute Gasteiger partial charge is 0.232 e. The number of anilines is 1. The van der Waals surface area contributed by atoms with Crippen LogP contribution >= 0.6 is 0 Å². The quantitative estimate of drug-likeness (QED) is 0.820. The zero-order valence-corrected chi connectivity index (χ0v) is 13.9. The summed E-state index contributed by atoms with van der Waals surface area (Å²) in [7, 11) is -3.57. The van der Waals surface area contributed by atoms with Crippen LogP contribution in [0.15, 0.2) is 47.1 Å². The Morgan fingerprint density at radius 2 is 2.12 bits per heavy atom. The van der Waals surface area contributed by atoms with Gasteiger partial charge in [-0.2, -0.15) is 5.26 Å². The van der Waals surface area contributed by atoms with Crippen molar-refractivity contribution < 1.29 is 17.6 Å². The Bertz CT molecular complexity index is 838. The fraction of sp³-hybridized carbons (Fsp3) is 0.250. The molecule has 0 unspecified atom stereocenters. The molecule has 0 bridgehead atoms. The first-order valence-corrected chi connectivity index (χ1v) is 9.02. The highest BCUT2D eigenvalue weighted by molar-refractivity contribution is 7.92. The molecule has 1 heterocycles. The van der Waals surface area contributed by atoms with Gasteiger partial charge in [0.25, 0.3) is 0 Å². The molecule has 2 aromatic rings. The molecule has 7 nitrogen and oxygen atoms in total. The molecule has 0 fully saturated rings. The molecule has 24 heavy (non-hydrogen) atoms. The van der Waals surface area contributed by atoms with E-state index < -0.39 is 10.0 Å². The van der Waals surface area contributed by atoms with Crippen LogP contribution in [0.3, 0.4) is 0 Å². The SMILES string of the molecule is CS(=O)(=O)N(CCC(=O)NCc1ccco1)c1cccc(C#N)c1. The number of furan rings is 1. The number of amides is 1. The minimum atomic E-state index is -3.57. The Labute approximate surface area is 140 Å². The van der Waals surface area contributed by atoms with E-state index in [2.05, 4.69) is 5.32 Å². The van der Waals surface area contributed by atoms with E-state index in [-0.39, 0.29) is 25.4 Å². The van der Waals surface area contributed by atoms with E-state index in [4.69, 9.17) is 9.68 Å². The average molecular weight is 347 g/mol. The number of carbonyl (C=O) groups is 1. The molecular formula is C16H17N3O4S. The standard InChI is InChI=1S/C16H17N3O4S/c1-24(21,22)19(14-5-2-4-13(10-14)11-17)8-7-16(20)18-12-15-6-3-9-23-15/h2-6,9-10H,7-8,12H2,1H3,(H,18,20). The van der Waals surface area contributed by atoms with Crippen molar-refractivity contribution in [1.29, 1.82) is 5.26 Å². The van der Waals surface area contributed by atoms with Crippen molar-refractivity contribution in [1.82, 2.24) is 5.32 Å². The Kier molecular flexibility index (Phi) is 5.60. The van der Waals surface area contributed by atoms with Crippen molar-refractivity contribution in [3.8, 4) is 6.07 Å². The second kappa shape index (κ2) is 7.66. The lowest BCUT2D eigenvalue weighted by Crippen LogP contribution is -2.34. The Balaban J connectivity index is 2.02. The summed E-state index contributed by atoms with van der Waals surface area (Å²) < 4.78 is 30.2. The highest BCUT2D eigenvalue weighted by atomic mass is 32.2. The molecule has 0 saturated carbocycles. The highest BCUT2D eigenvalue weighted by Crippen LogP contribution is 2.19. The average Bonchev–Trinajstić information content (AvgIpc) is 3.05. The molecule has 0 aliphatic rings. The molecule has 8 heteroatoms. The number of benzene rings is 1. The fourth-order valence-electron chi connectivity index (χ4n) is 2.11. The van der Waals surface area contributed by atoms with Gasteiger partial charge in [-0.25, -0.2) is 8.42 Å². The van der Waals surface area contributed by atoms with Gasteiger partial charge in [0.2, 0.25) is 15.9 Å². The Morgan fingerprint density at radius 3 is 2.75 bits per heavy atom. The second-order valence-electron chi connectivity index (χ2n) is 5.10. The van der Waals surface area contributed by atoms with Crippen LogP contribution in [0.4, 0.5) is 5.69 Å². The van der Waals surface area contributed by atoms with Crippen LogP contribution in [0.1, 0.15) is 17.7 Å². The third kappa shape index (κ3) is 4.86. The lowest BCUT2D eigenvalue weighted by molar-refractivity contribution is -0.121. The topological polar surface area (TPSA) is 103 Å². The van der Waals surface area contributed by atoms with Crippen LogP contribution in [0.25, 0.3) is 0 Å². The third-order valence-electron chi connectivity index (χ3n) is 3.25. The largest absolute Gasteiger partial charge is 0.467 e. The second-order valence-corrected chi connectivity index (χ2v) is 7.01. The molecular weight excluding hydrogens is 330 g/mol. The number of hydrogen-bond donors (Lipinski definition) is 1. The summed E-state index contributed by atoms with van der Waals surface area (Å²) in [6.07, 6.45) is 2.56. The first-order chi connectivity index (χ1) is 11.4. The number of nitrogens with zero attached hydrogens (tertiary/aromatic N) is 2. The lowest BCUT2D eigenvalue weighted by Gasteiger charge is -2.22. The summed E-state index contributed by atoms with van der Waals surface area (Å²) in [4.78, 5) is 11.9. The zero-order valence-electron chi connectivity index (χ0n) is 13.1. The van der Waals surface area contributed by atoms with Gasteiger partial charge in [-0.1, -0.05) is 6.07 Å². The molecule has 1 amide bonds. The van der Waals surface area contributed by atoms with Crippen molar-refractivity contribution in [2.45, 2.75) is 13.0 Å². The summed E-state index contributed by atoms with van der Waals surface area (Å²) in [5.74, 6) is 0.321. The van der Waals surface area contributed by atoms with Crippen molar-refractivity contribution in [3.63, 3.8) is 0 Å². The van der Waals surface area contributed by atoms with Crippen LogP contribution in [-0.4, -0.2) is 27.1 Å². The molecule has 126 valence electrons. The van der Waals surface area contributed by atoms with Crippen molar-refractivity contribution in [2.24, 2.45) is 0 Å². The number of hydrogen-bond acceptors (Lipinski definition) is 5. The first-order valence-electron chi connectivity index (χ1n) is 7.17. The minimum Gasteiger partial charge on any atom is -0.467 e. The predicted molar refractivity (Wildman–Crippen MR) is 88.5 cm³/mol. The third-order valence-corrected chi connectivity index (χ3v) is 4.44. The van der Waals surface area contributed by atoms with E-state index in [9.17, 15) is 13.2 Å². The van der Waals surface area contributed by atoms with E-state index in [0.29, 0.717) is 17.0 Å². The first kappa shape index (κ1) is 17.6. The van der Waals surface area contributed by atoms with E-state index in [1.54, 1.807) is 30.3 Å². The van der Waals surface area contributed by atoms with Crippen LogP contribution in [0.5, 0.6) is 0 Å². The Morgan fingerprint density at radius 1 is 1.33 bits per heavy atom. The molecule has 1 N–H and O–H groups in total. The number of sulfonamides is 1.